The zero-order valence-corrected chi connectivity index (χ0v) is 13.8. The third-order valence-electron chi connectivity index (χ3n) is 4.48. The van der Waals surface area contributed by atoms with Crippen LogP contribution < -0.4 is 4.90 Å². The van der Waals surface area contributed by atoms with E-state index in [4.69, 9.17) is 11.6 Å². The number of benzene rings is 2. The lowest BCUT2D eigenvalue weighted by Gasteiger charge is -2.36. The molecule has 1 aliphatic rings. The maximum Gasteiger partial charge on any atom is 0.254 e. The number of hydrogen-bond acceptors (Lipinski definition) is 3. The summed E-state index contributed by atoms with van der Waals surface area (Å²) in [6.45, 7) is 2.91. The van der Waals surface area contributed by atoms with E-state index in [1.54, 1.807) is 6.20 Å². The first-order valence-corrected chi connectivity index (χ1v) is 8.33. The van der Waals surface area contributed by atoms with Gasteiger partial charge in [-0.3, -0.25) is 9.89 Å². The second kappa shape index (κ2) is 6.17. The van der Waals surface area contributed by atoms with Crippen molar-refractivity contribution in [1.82, 2.24) is 15.1 Å². The van der Waals surface area contributed by atoms with Crippen LogP contribution in [-0.2, 0) is 0 Å². The van der Waals surface area contributed by atoms with Crippen molar-refractivity contribution in [3.05, 3.63) is 59.2 Å². The number of rotatable bonds is 2. The van der Waals surface area contributed by atoms with Gasteiger partial charge in [-0.1, -0.05) is 29.8 Å². The van der Waals surface area contributed by atoms with Gasteiger partial charge in [0.05, 0.1) is 28.0 Å². The van der Waals surface area contributed by atoms with Gasteiger partial charge in [-0.2, -0.15) is 5.10 Å². The van der Waals surface area contributed by atoms with Crippen molar-refractivity contribution in [2.75, 3.05) is 31.1 Å². The van der Waals surface area contributed by atoms with Crippen LogP contribution in [0.2, 0.25) is 5.02 Å². The number of H-pyrrole nitrogens is 1. The SMILES string of the molecule is O=C(c1cccc2[nH]ncc12)N1CCN(c2ccccc2Cl)CC1. The average Bonchev–Trinajstić information content (AvgIpc) is 3.10. The van der Waals surface area contributed by atoms with Gasteiger partial charge in [-0.05, 0) is 24.3 Å². The minimum atomic E-state index is 0.0563. The van der Waals surface area contributed by atoms with E-state index in [0.29, 0.717) is 18.7 Å². The smallest absolute Gasteiger partial charge is 0.254 e. The van der Waals surface area contributed by atoms with Gasteiger partial charge in [-0.25, -0.2) is 0 Å². The normalized spacial score (nSPS) is 15.0. The fraction of sp³-hybridized carbons (Fsp3) is 0.222. The van der Waals surface area contributed by atoms with Gasteiger partial charge in [0.1, 0.15) is 0 Å². The molecule has 1 aromatic heterocycles. The number of hydrogen-bond donors (Lipinski definition) is 1. The number of fused-ring (bicyclic) bond motifs is 1. The van der Waals surface area contributed by atoms with E-state index in [1.807, 2.05) is 47.4 Å². The predicted molar refractivity (Wildman–Crippen MR) is 95.7 cm³/mol. The maximum atomic E-state index is 12.9. The van der Waals surface area contributed by atoms with Gasteiger partial charge < -0.3 is 9.80 Å². The Kier molecular flexibility index (Phi) is 3.86. The van der Waals surface area contributed by atoms with E-state index in [1.165, 1.54) is 0 Å². The number of aromatic amines is 1. The topological polar surface area (TPSA) is 52.2 Å². The molecule has 0 saturated carbocycles. The fourth-order valence-electron chi connectivity index (χ4n) is 3.18. The molecule has 1 amide bonds. The third kappa shape index (κ3) is 2.61. The highest BCUT2D eigenvalue weighted by atomic mass is 35.5. The van der Waals surface area contributed by atoms with Crippen LogP contribution in [-0.4, -0.2) is 47.2 Å². The number of amides is 1. The van der Waals surface area contributed by atoms with Crippen LogP contribution in [0.3, 0.4) is 0 Å². The lowest BCUT2D eigenvalue weighted by Crippen LogP contribution is -2.48. The summed E-state index contributed by atoms with van der Waals surface area (Å²) in [6, 6.07) is 13.5. The van der Waals surface area contributed by atoms with Crippen molar-refractivity contribution in [3.8, 4) is 0 Å². The van der Waals surface area contributed by atoms with E-state index in [-0.39, 0.29) is 5.91 Å². The van der Waals surface area contributed by atoms with Crippen LogP contribution >= 0.6 is 11.6 Å². The summed E-state index contributed by atoms with van der Waals surface area (Å²) < 4.78 is 0. The largest absolute Gasteiger partial charge is 0.367 e. The van der Waals surface area contributed by atoms with Crippen molar-refractivity contribution in [1.29, 1.82) is 0 Å². The van der Waals surface area contributed by atoms with Crippen molar-refractivity contribution in [2.24, 2.45) is 0 Å². The zero-order valence-electron chi connectivity index (χ0n) is 13.1. The molecule has 6 heteroatoms. The average molecular weight is 341 g/mol. The summed E-state index contributed by atoms with van der Waals surface area (Å²) in [5, 5.41) is 8.56. The number of nitrogens with one attached hydrogen (secondary N) is 1. The van der Waals surface area contributed by atoms with Crippen LogP contribution in [0.4, 0.5) is 5.69 Å². The van der Waals surface area contributed by atoms with E-state index in [0.717, 1.165) is 34.7 Å². The second-order valence-corrected chi connectivity index (χ2v) is 6.27. The summed E-state index contributed by atoms with van der Waals surface area (Å²) in [4.78, 5) is 17.0. The van der Waals surface area contributed by atoms with E-state index >= 15 is 0 Å². The number of carbonyl (C=O) groups is 1. The molecule has 0 atom stereocenters. The number of carbonyl (C=O) groups excluding carboxylic acids is 1. The molecule has 4 rings (SSSR count). The Morgan fingerprint density at radius 3 is 2.62 bits per heavy atom. The number of nitrogens with zero attached hydrogens (tertiary/aromatic N) is 3. The molecule has 2 heterocycles. The number of aromatic nitrogens is 2. The summed E-state index contributed by atoms with van der Waals surface area (Å²) in [5.74, 6) is 0.0563. The Bertz CT molecular complexity index is 883. The molecule has 0 aliphatic carbocycles. The summed E-state index contributed by atoms with van der Waals surface area (Å²) >= 11 is 6.27. The molecule has 122 valence electrons. The highest BCUT2D eigenvalue weighted by Gasteiger charge is 2.24. The standard InChI is InChI=1S/C18H17ClN4O/c19-15-5-1-2-7-17(15)22-8-10-23(11-9-22)18(24)13-4-3-6-16-14(13)12-20-21-16/h1-7,12H,8-11H2,(H,20,21). The molecule has 0 spiro atoms. The van der Waals surface area contributed by atoms with Crippen LogP contribution in [0.15, 0.2) is 48.7 Å². The molecule has 0 bridgehead atoms. The molecular weight excluding hydrogens is 324 g/mol. The minimum Gasteiger partial charge on any atom is -0.367 e. The molecule has 1 N–H and O–H groups in total. The van der Waals surface area contributed by atoms with E-state index < -0.39 is 0 Å². The number of anilines is 1. The molecule has 2 aromatic carbocycles. The van der Waals surface area contributed by atoms with Crippen LogP contribution in [0, 0.1) is 0 Å². The monoisotopic (exact) mass is 340 g/mol. The second-order valence-electron chi connectivity index (χ2n) is 5.87. The molecule has 1 saturated heterocycles. The molecule has 0 radical (unpaired) electrons. The highest BCUT2D eigenvalue weighted by molar-refractivity contribution is 6.33. The van der Waals surface area contributed by atoms with Crippen LogP contribution in [0.5, 0.6) is 0 Å². The Hall–Kier alpha value is -2.53. The summed E-state index contributed by atoms with van der Waals surface area (Å²) in [6.07, 6.45) is 1.71. The molecule has 5 nitrogen and oxygen atoms in total. The third-order valence-corrected chi connectivity index (χ3v) is 4.79. The number of piperazine rings is 1. The molecule has 24 heavy (non-hydrogen) atoms. The predicted octanol–water partition coefficient (Wildman–Crippen LogP) is 3.18. The maximum absolute atomic E-state index is 12.9. The Balaban J connectivity index is 1.51. The van der Waals surface area contributed by atoms with E-state index in [9.17, 15) is 4.79 Å². The van der Waals surface area contributed by atoms with Gasteiger partial charge in [0.25, 0.3) is 5.91 Å². The quantitative estimate of drug-likeness (QED) is 0.779. The number of halogens is 1. The van der Waals surface area contributed by atoms with Crippen molar-refractivity contribution >= 4 is 34.1 Å². The summed E-state index contributed by atoms with van der Waals surface area (Å²) in [7, 11) is 0. The molecule has 0 unspecified atom stereocenters. The Labute approximate surface area is 144 Å². The molecular formula is C18H17ClN4O. The fourth-order valence-corrected chi connectivity index (χ4v) is 3.44. The molecule has 3 aromatic rings. The molecule has 1 fully saturated rings. The van der Waals surface area contributed by atoms with Crippen LogP contribution in [0.25, 0.3) is 10.9 Å². The lowest BCUT2D eigenvalue weighted by atomic mass is 10.1. The van der Waals surface area contributed by atoms with Gasteiger partial charge in [0.15, 0.2) is 0 Å². The van der Waals surface area contributed by atoms with Gasteiger partial charge in [-0.15, -0.1) is 0 Å². The van der Waals surface area contributed by atoms with Crippen molar-refractivity contribution in [3.63, 3.8) is 0 Å². The van der Waals surface area contributed by atoms with Crippen LogP contribution in [0.1, 0.15) is 10.4 Å². The van der Waals surface area contributed by atoms with Crippen molar-refractivity contribution < 1.29 is 4.79 Å². The first-order valence-electron chi connectivity index (χ1n) is 7.95. The van der Waals surface area contributed by atoms with Crippen molar-refractivity contribution in [2.45, 2.75) is 0 Å². The zero-order chi connectivity index (χ0) is 16.5. The van der Waals surface area contributed by atoms with Gasteiger partial charge in [0, 0.05) is 31.6 Å². The number of para-hydroxylation sites is 1. The highest BCUT2D eigenvalue weighted by Crippen LogP contribution is 2.26. The van der Waals surface area contributed by atoms with Gasteiger partial charge in [0.2, 0.25) is 0 Å². The minimum absolute atomic E-state index is 0.0563. The molecule has 1 aliphatic heterocycles. The first kappa shape index (κ1) is 15.0. The Morgan fingerprint density at radius 2 is 1.83 bits per heavy atom. The first-order chi connectivity index (χ1) is 11.7. The van der Waals surface area contributed by atoms with Gasteiger partial charge >= 0.3 is 0 Å². The van der Waals surface area contributed by atoms with E-state index in [2.05, 4.69) is 15.1 Å². The lowest BCUT2D eigenvalue weighted by molar-refractivity contribution is 0.0749. The summed E-state index contributed by atoms with van der Waals surface area (Å²) in [5.41, 5.74) is 2.62. The Morgan fingerprint density at radius 1 is 1.04 bits per heavy atom.